The van der Waals surface area contributed by atoms with Crippen molar-refractivity contribution in [3.63, 3.8) is 0 Å². The molecule has 1 heterocycles. The SMILES string of the molecule is COc1cc(O)c(C=O)c(OCC(=O)Nc2cc([C@H]3CC[C@@H](OC(=O)NC(C)(C)C#N)C3)[nH]n2)c1. The molecule has 1 aromatic heterocycles. The Morgan fingerprint density at radius 2 is 2.11 bits per heavy atom. The first-order valence-corrected chi connectivity index (χ1v) is 10.9. The van der Waals surface area contributed by atoms with Crippen LogP contribution in [0.5, 0.6) is 17.2 Å². The van der Waals surface area contributed by atoms with Crippen LogP contribution in [-0.2, 0) is 9.53 Å². The molecule has 3 rings (SSSR count). The molecule has 12 heteroatoms. The smallest absolute Gasteiger partial charge is 0.408 e. The van der Waals surface area contributed by atoms with Gasteiger partial charge in [0, 0.05) is 29.8 Å². The first-order valence-electron chi connectivity index (χ1n) is 10.9. The Morgan fingerprint density at radius 3 is 2.80 bits per heavy atom. The fourth-order valence-electron chi connectivity index (χ4n) is 3.67. The Balaban J connectivity index is 1.51. The van der Waals surface area contributed by atoms with E-state index in [0.29, 0.717) is 19.1 Å². The molecule has 0 spiro atoms. The number of carbonyl (C=O) groups is 3. The summed E-state index contributed by atoms with van der Waals surface area (Å²) in [5.41, 5.74) is -0.327. The largest absolute Gasteiger partial charge is 0.507 e. The standard InChI is InChI=1S/C23H27N5O7/c1-23(2,12-24)26-22(32)35-14-5-4-13(6-14)17-9-20(28-27-17)25-21(31)11-34-19-8-15(33-3)7-18(30)16(19)10-29/h7-10,13-14,30H,4-6,11H2,1-3H3,(H,26,32)(H2,25,27,28,31)/t13-,14+/m0/s1. The summed E-state index contributed by atoms with van der Waals surface area (Å²) in [7, 11) is 1.39. The van der Waals surface area contributed by atoms with Crippen molar-refractivity contribution in [3.05, 3.63) is 29.5 Å². The van der Waals surface area contributed by atoms with Crippen molar-refractivity contribution in [1.29, 1.82) is 5.26 Å². The molecule has 0 saturated heterocycles. The molecular formula is C23H27N5O7. The second-order valence-electron chi connectivity index (χ2n) is 8.62. The molecule has 1 aliphatic rings. The van der Waals surface area contributed by atoms with E-state index < -0.39 is 24.1 Å². The molecule has 0 unspecified atom stereocenters. The summed E-state index contributed by atoms with van der Waals surface area (Å²) in [6, 6.07) is 6.33. The van der Waals surface area contributed by atoms with E-state index in [-0.39, 0.29) is 40.7 Å². The minimum atomic E-state index is -1.02. The molecule has 0 radical (unpaired) electrons. The number of hydrogen-bond donors (Lipinski definition) is 4. The maximum Gasteiger partial charge on any atom is 0.408 e. The Labute approximate surface area is 201 Å². The van der Waals surface area contributed by atoms with Crippen LogP contribution in [0.3, 0.4) is 0 Å². The number of amides is 2. The van der Waals surface area contributed by atoms with Crippen LogP contribution in [-0.4, -0.2) is 59.0 Å². The second-order valence-corrected chi connectivity index (χ2v) is 8.62. The number of aromatic nitrogens is 2. The zero-order valence-corrected chi connectivity index (χ0v) is 19.6. The van der Waals surface area contributed by atoms with Crippen LogP contribution in [0.25, 0.3) is 0 Å². The Bertz CT molecular complexity index is 1140. The third-order valence-electron chi connectivity index (χ3n) is 5.46. The van der Waals surface area contributed by atoms with Crippen LogP contribution in [0.2, 0.25) is 0 Å². The van der Waals surface area contributed by atoms with E-state index in [1.54, 1.807) is 19.9 Å². The zero-order valence-electron chi connectivity index (χ0n) is 19.6. The minimum Gasteiger partial charge on any atom is -0.507 e. The number of hydrogen-bond acceptors (Lipinski definition) is 9. The number of rotatable bonds is 9. The number of carbonyl (C=O) groups excluding carboxylic acids is 3. The van der Waals surface area contributed by atoms with Gasteiger partial charge in [0.25, 0.3) is 5.91 Å². The fourth-order valence-corrected chi connectivity index (χ4v) is 3.67. The quantitative estimate of drug-likeness (QED) is 0.389. The first-order chi connectivity index (χ1) is 16.6. The highest BCUT2D eigenvalue weighted by Gasteiger charge is 2.31. The molecule has 12 nitrogen and oxygen atoms in total. The molecule has 186 valence electrons. The number of nitrogens with one attached hydrogen (secondary N) is 3. The van der Waals surface area contributed by atoms with Crippen LogP contribution in [0.4, 0.5) is 10.6 Å². The van der Waals surface area contributed by atoms with Crippen molar-refractivity contribution >= 4 is 24.1 Å². The lowest BCUT2D eigenvalue weighted by molar-refractivity contribution is -0.118. The summed E-state index contributed by atoms with van der Waals surface area (Å²) in [6.45, 7) is 2.74. The van der Waals surface area contributed by atoms with Gasteiger partial charge in [-0.1, -0.05) is 0 Å². The molecule has 1 aliphatic carbocycles. The predicted molar refractivity (Wildman–Crippen MR) is 122 cm³/mol. The molecular weight excluding hydrogens is 458 g/mol. The summed E-state index contributed by atoms with van der Waals surface area (Å²) in [5, 5.41) is 31.0. The van der Waals surface area contributed by atoms with Crippen LogP contribution >= 0.6 is 0 Å². The van der Waals surface area contributed by atoms with Crippen LogP contribution < -0.4 is 20.1 Å². The number of aromatic hydroxyl groups is 1. The number of methoxy groups -OCH3 is 1. The number of aromatic amines is 1. The van der Waals surface area contributed by atoms with E-state index in [0.717, 1.165) is 12.1 Å². The number of ether oxygens (including phenoxy) is 3. The third-order valence-corrected chi connectivity index (χ3v) is 5.46. The fraction of sp³-hybridized carbons (Fsp3) is 0.435. The third kappa shape index (κ3) is 6.63. The van der Waals surface area contributed by atoms with E-state index in [1.807, 2.05) is 6.07 Å². The Kier molecular flexibility index (Phi) is 7.80. The highest BCUT2D eigenvalue weighted by molar-refractivity contribution is 5.91. The van der Waals surface area contributed by atoms with Gasteiger partial charge in [0.2, 0.25) is 0 Å². The van der Waals surface area contributed by atoms with Gasteiger partial charge in [-0.15, -0.1) is 0 Å². The van der Waals surface area contributed by atoms with Crippen molar-refractivity contribution < 1.29 is 33.7 Å². The number of benzene rings is 1. The summed E-state index contributed by atoms with van der Waals surface area (Å²) in [4.78, 5) is 35.5. The average Bonchev–Trinajstić information content (AvgIpc) is 3.46. The number of anilines is 1. The van der Waals surface area contributed by atoms with Crippen molar-refractivity contribution in [2.75, 3.05) is 19.0 Å². The lowest BCUT2D eigenvalue weighted by atomic mass is 10.0. The molecule has 0 bridgehead atoms. The minimum absolute atomic E-state index is 0.00825. The Hall–Kier alpha value is -4.27. The molecule has 2 atom stereocenters. The van der Waals surface area contributed by atoms with Gasteiger partial charge in [-0.25, -0.2) is 4.79 Å². The average molecular weight is 485 g/mol. The van der Waals surface area contributed by atoms with Crippen molar-refractivity contribution in [1.82, 2.24) is 15.5 Å². The normalized spacial score (nSPS) is 17.2. The van der Waals surface area contributed by atoms with E-state index in [1.165, 1.54) is 19.2 Å². The van der Waals surface area contributed by atoms with Gasteiger partial charge in [0.1, 0.15) is 28.9 Å². The number of phenolic OH excluding ortho intramolecular Hbond substituents is 1. The molecule has 1 aromatic carbocycles. The van der Waals surface area contributed by atoms with Gasteiger partial charge in [-0.05, 0) is 33.1 Å². The topological polar surface area (TPSA) is 176 Å². The van der Waals surface area contributed by atoms with Gasteiger partial charge in [-0.2, -0.15) is 10.4 Å². The number of alkyl carbamates (subject to hydrolysis) is 1. The van der Waals surface area contributed by atoms with Crippen LogP contribution in [0, 0.1) is 11.3 Å². The van der Waals surface area contributed by atoms with E-state index >= 15 is 0 Å². The number of nitrogens with zero attached hydrogens (tertiary/aromatic N) is 2. The number of phenols is 1. The summed E-state index contributed by atoms with van der Waals surface area (Å²) in [6.07, 6.45) is 1.48. The highest BCUT2D eigenvalue weighted by atomic mass is 16.6. The molecule has 2 aromatic rings. The molecule has 2 amide bonds. The highest BCUT2D eigenvalue weighted by Crippen LogP contribution is 2.36. The second kappa shape index (κ2) is 10.8. The van der Waals surface area contributed by atoms with Crippen LogP contribution in [0.15, 0.2) is 18.2 Å². The maximum absolute atomic E-state index is 12.3. The van der Waals surface area contributed by atoms with Gasteiger partial charge >= 0.3 is 6.09 Å². The predicted octanol–water partition coefficient (Wildman–Crippen LogP) is 2.62. The van der Waals surface area contributed by atoms with Gasteiger partial charge in [-0.3, -0.25) is 14.7 Å². The maximum atomic E-state index is 12.3. The number of nitriles is 1. The van der Waals surface area contributed by atoms with E-state index in [4.69, 9.17) is 19.5 Å². The lowest BCUT2D eigenvalue weighted by Crippen LogP contribution is -2.43. The van der Waals surface area contributed by atoms with E-state index in [9.17, 15) is 19.5 Å². The summed E-state index contributed by atoms with van der Waals surface area (Å²) < 4.78 is 15.8. The van der Waals surface area contributed by atoms with Crippen molar-refractivity contribution in [2.45, 2.75) is 50.7 Å². The molecule has 1 saturated carbocycles. The molecule has 35 heavy (non-hydrogen) atoms. The first kappa shape index (κ1) is 25.4. The zero-order chi connectivity index (χ0) is 25.6. The van der Waals surface area contributed by atoms with Crippen molar-refractivity contribution in [3.8, 4) is 23.3 Å². The molecule has 4 N–H and O–H groups in total. The number of aldehydes is 1. The monoisotopic (exact) mass is 485 g/mol. The molecule has 0 aliphatic heterocycles. The van der Waals surface area contributed by atoms with Gasteiger partial charge in [0.15, 0.2) is 18.7 Å². The van der Waals surface area contributed by atoms with E-state index in [2.05, 4.69) is 20.8 Å². The lowest BCUT2D eigenvalue weighted by Gasteiger charge is -2.19. The van der Waals surface area contributed by atoms with Gasteiger partial charge < -0.3 is 30.0 Å². The van der Waals surface area contributed by atoms with Crippen LogP contribution in [0.1, 0.15) is 55.1 Å². The Morgan fingerprint density at radius 1 is 1.34 bits per heavy atom. The summed E-state index contributed by atoms with van der Waals surface area (Å²) in [5.74, 6) is -0.223. The van der Waals surface area contributed by atoms with Gasteiger partial charge in [0.05, 0.1) is 18.7 Å². The molecule has 1 fully saturated rings. The van der Waals surface area contributed by atoms with Crippen molar-refractivity contribution in [2.24, 2.45) is 0 Å². The summed E-state index contributed by atoms with van der Waals surface area (Å²) >= 11 is 0. The number of H-pyrrole nitrogens is 1.